The van der Waals surface area contributed by atoms with E-state index in [1.54, 1.807) is 6.07 Å². The quantitative estimate of drug-likeness (QED) is 0.810. The van der Waals surface area contributed by atoms with E-state index >= 15 is 0 Å². The molecule has 0 unspecified atom stereocenters. The lowest BCUT2D eigenvalue weighted by molar-refractivity contribution is 0.548. The summed E-state index contributed by atoms with van der Waals surface area (Å²) in [4.78, 5) is 4.22. The molecule has 0 saturated carbocycles. The first-order valence-corrected chi connectivity index (χ1v) is 6.76. The lowest BCUT2D eigenvalue weighted by Gasteiger charge is -2.19. The Bertz CT molecular complexity index is 446. The summed E-state index contributed by atoms with van der Waals surface area (Å²) in [6, 6.07) is 3.15. The number of hydrogen-bond donors (Lipinski definition) is 2. The first kappa shape index (κ1) is 12.9. The minimum absolute atomic E-state index is 0.213. The zero-order chi connectivity index (χ0) is 12.4. The summed E-state index contributed by atoms with van der Waals surface area (Å²) in [5, 5.41) is 3.03. The van der Waals surface area contributed by atoms with Gasteiger partial charge in [-0.1, -0.05) is 0 Å². The van der Waals surface area contributed by atoms with Gasteiger partial charge in [-0.2, -0.15) is 0 Å². The normalized spacial score (nSPS) is 12.5. The highest BCUT2D eigenvalue weighted by atomic mass is 32.2. The third-order valence-corrected chi connectivity index (χ3v) is 2.99. The van der Waals surface area contributed by atoms with Gasteiger partial charge in [-0.15, -0.1) is 0 Å². The monoisotopic (exact) mass is 243 g/mol. The minimum atomic E-state index is -3.18. The van der Waals surface area contributed by atoms with Crippen LogP contribution in [-0.2, 0) is 9.84 Å². The topological polar surface area (TPSA) is 85.1 Å². The number of anilines is 1. The summed E-state index contributed by atoms with van der Waals surface area (Å²) in [7, 11) is -3.18. The molecule has 0 aliphatic rings. The molecule has 0 radical (unpaired) electrons. The highest BCUT2D eigenvalue weighted by Gasteiger charge is 2.11. The van der Waals surface area contributed by atoms with E-state index in [1.165, 1.54) is 12.3 Å². The number of rotatable bonds is 4. The van der Waals surface area contributed by atoms with Crippen LogP contribution in [0.5, 0.6) is 0 Å². The van der Waals surface area contributed by atoms with Gasteiger partial charge in [0.25, 0.3) is 0 Å². The van der Waals surface area contributed by atoms with Crippen LogP contribution in [0.15, 0.2) is 23.2 Å². The van der Waals surface area contributed by atoms with Crippen LogP contribution in [0.1, 0.15) is 13.8 Å². The Labute approximate surface area is 96.0 Å². The molecular formula is C10H17N3O2S. The van der Waals surface area contributed by atoms with Crippen LogP contribution in [-0.4, -0.2) is 31.7 Å². The van der Waals surface area contributed by atoms with Crippen LogP contribution in [0.4, 0.5) is 5.82 Å². The Morgan fingerprint density at radius 2 is 2.06 bits per heavy atom. The summed E-state index contributed by atoms with van der Waals surface area (Å²) >= 11 is 0. The molecule has 1 rings (SSSR count). The molecule has 1 heterocycles. The summed E-state index contributed by atoms with van der Waals surface area (Å²) < 4.78 is 22.4. The molecule has 0 amide bonds. The van der Waals surface area contributed by atoms with Crippen molar-refractivity contribution in [3.63, 3.8) is 0 Å². The molecule has 0 saturated heterocycles. The average Bonchev–Trinajstić information content (AvgIpc) is 2.13. The fourth-order valence-electron chi connectivity index (χ4n) is 1.02. The third kappa shape index (κ3) is 4.16. The van der Waals surface area contributed by atoms with Gasteiger partial charge in [0, 0.05) is 24.5 Å². The minimum Gasteiger partial charge on any atom is -0.368 e. The second kappa shape index (κ2) is 4.39. The first-order valence-electron chi connectivity index (χ1n) is 4.87. The molecule has 0 spiro atoms. The molecule has 0 aliphatic carbocycles. The number of nitrogens with zero attached hydrogens (tertiary/aromatic N) is 1. The summed E-state index contributed by atoms with van der Waals surface area (Å²) in [5.41, 5.74) is 5.46. The second-order valence-corrected chi connectivity index (χ2v) is 6.51. The molecule has 1 aromatic rings. The van der Waals surface area contributed by atoms with Gasteiger partial charge in [-0.05, 0) is 26.0 Å². The molecule has 6 heteroatoms. The van der Waals surface area contributed by atoms with Crippen molar-refractivity contribution in [3.8, 4) is 0 Å². The Morgan fingerprint density at radius 3 is 2.44 bits per heavy atom. The zero-order valence-electron chi connectivity index (χ0n) is 9.69. The fraction of sp³-hybridized carbons (Fsp3) is 0.500. The number of pyridine rings is 1. The molecule has 0 fully saturated rings. The third-order valence-electron chi connectivity index (χ3n) is 1.89. The second-order valence-electron chi connectivity index (χ2n) is 4.49. The van der Waals surface area contributed by atoms with E-state index in [9.17, 15) is 8.42 Å². The lowest BCUT2D eigenvalue weighted by Crippen LogP contribution is -2.39. The van der Waals surface area contributed by atoms with Crippen LogP contribution >= 0.6 is 0 Å². The number of nitrogens with two attached hydrogens (primary N) is 1. The van der Waals surface area contributed by atoms with Gasteiger partial charge in [-0.3, -0.25) is 0 Å². The van der Waals surface area contributed by atoms with Crippen molar-refractivity contribution in [1.29, 1.82) is 0 Å². The maximum absolute atomic E-state index is 11.2. The smallest absolute Gasteiger partial charge is 0.177 e. The summed E-state index contributed by atoms with van der Waals surface area (Å²) in [6.45, 7) is 4.36. The van der Waals surface area contributed by atoms with Crippen molar-refractivity contribution in [2.24, 2.45) is 5.73 Å². The van der Waals surface area contributed by atoms with Crippen molar-refractivity contribution >= 4 is 15.7 Å². The molecule has 90 valence electrons. The Hall–Kier alpha value is -1.14. The van der Waals surface area contributed by atoms with Crippen LogP contribution in [0.25, 0.3) is 0 Å². The highest BCUT2D eigenvalue weighted by molar-refractivity contribution is 7.90. The zero-order valence-corrected chi connectivity index (χ0v) is 10.5. The van der Waals surface area contributed by atoms with Gasteiger partial charge in [0.1, 0.15) is 5.82 Å². The SMILES string of the molecule is CC(C)(N)CNc1ccc(S(C)(=O)=O)cn1. The molecule has 0 aromatic carbocycles. The molecule has 16 heavy (non-hydrogen) atoms. The van der Waals surface area contributed by atoms with Crippen molar-refractivity contribution < 1.29 is 8.42 Å². The number of nitrogens with one attached hydrogen (secondary N) is 1. The maximum atomic E-state index is 11.2. The van der Waals surface area contributed by atoms with Gasteiger partial charge >= 0.3 is 0 Å². The fourth-order valence-corrected chi connectivity index (χ4v) is 1.58. The Balaban J connectivity index is 2.73. The summed E-state index contributed by atoms with van der Waals surface area (Å²) in [5.74, 6) is 0.617. The number of hydrogen-bond acceptors (Lipinski definition) is 5. The van der Waals surface area contributed by atoms with Gasteiger partial charge < -0.3 is 11.1 Å². The van der Waals surface area contributed by atoms with E-state index in [0.29, 0.717) is 12.4 Å². The first-order chi connectivity index (χ1) is 7.18. The van der Waals surface area contributed by atoms with E-state index in [-0.39, 0.29) is 10.4 Å². The average molecular weight is 243 g/mol. The van der Waals surface area contributed by atoms with Crippen molar-refractivity contribution in [3.05, 3.63) is 18.3 Å². The van der Waals surface area contributed by atoms with Gasteiger partial charge in [0.2, 0.25) is 0 Å². The molecule has 0 bridgehead atoms. The van der Waals surface area contributed by atoms with Crippen molar-refractivity contribution in [1.82, 2.24) is 4.98 Å². The van der Waals surface area contributed by atoms with E-state index in [4.69, 9.17) is 5.73 Å². The molecule has 1 aromatic heterocycles. The number of sulfone groups is 1. The van der Waals surface area contributed by atoms with E-state index in [0.717, 1.165) is 6.26 Å². The number of aromatic nitrogens is 1. The lowest BCUT2D eigenvalue weighted by atomic mass is 10.1. The van der Waals surface area contributed by atoms with E-state index < -0.39 is 9.84 Å². The van der Waals surface area contributed by atoms with Crippen LogP contribution < -0.4 is 11.1 Å². The van der Waals surface area contributed by atoms with Crippen molar-refractivity contribution in [2.75, 3.05) is 18.1 Å². The van der Waals surface area contributed by atoms with Gasteiger partial charge in [0.15, 0.2) is 9.84 Å². The molecule has 3 N–H and O–H groups in total. The molecule has 0 aliphatic heterocycles. The Kier molecular flexibility index (Phi) is 3.54. The maximum Gasteiger partial charge on any atom is 0.177 e. The summed E-state index contributed by atoms with van der Waals surface area (Å²) in [6.07, 6.45) is 2.49. The Morgan fingerprint density at radius 1 is 1.44 bits per heavy atom. The molecule has 0 atom stereocenters. The van der Waals surface area contributed by atoms with E-state index in [1.807, 2.05) is 13.8 Å². The van der Waals surface area contributed by atoms with Gasteiger partial charge in [0.05, 0.1) is 4.90 Å². The predicted molar refractivity (Wildman–Crippen MR) is 64.1 cm³/mol. The molecular weight excluding hydrogens is 226 g/mol. The van der Waals surface area contributed by atoms with Crippen LogP contribution in [0.3, 0.4) is 0 Å². The van der Waals surface area contributed by atoms with E-state index in [2.05, 4.69) is 10.3 Å². The van der Waals surface area contributed by atoms with Crippen molar-refractivity contribution in [2.45, 2.75) is 24.3 Å². The molecule has 5 nitrogen and oxygen atoms in total. The van der Waals surface area contributed by atoms with Crippen LogP contribution in [0.2, 0.25) is 0 Å². The van der Waals surface area contributed by atoms with Crippen LogP contribution in [0, 0.1) is 0 Å². The van der Waals surface area contributed by atoms with Gasteiger partial charge in [-0.25, -0.2) is 13.4 Å². The highest BCUT2D eigenvalue weighted by Crippen LogP contribution is 2.10. The largest absolute Gasteiger partial charge is 0.368 e. The predicted octanol–water partition coefficient (Wildman–Crippen LogP) is 0.634. The standard InChI is InChI=1S/C10H17N3O2S/c1-10(2,11)7-13-9-5-4-8(6-12-9)16(3,14)15/h4-6H,7,11H2,1-3H3,(H,12,13).